The molecule has 1 N–H and O–H groups in total. The van der Waals surface area contributed by atoms with E-state index >= 15 is 0 Å². The minimum Gasteiger partial charge on any atom is -0.394 e. The smallest absolute Gasteiger partial charge is 0.0697 e. The lowest BCUT2D eigenvalue weighted by Crippen LogP contribution is -2.07. The van der Waals surface area contributed by atoms with Crippen LogP contribution in [0.3, 0.4) is 0 Å². The Morgan fingerprint density at radius 3 is 2.40 bits per heavy atom. The quantitative estimate of drug-likeness (QED) is 0.536. The van der Waals surface area contributed by atoms with E-state index in [0.29, 0.717) is 6.61 Å². The predicted molar refractivity (Wildman–Crippen MR) is 65.1 cm³/mol. The van der Waals surface area contributed by atoms with Crippen LogP contribution in [0.1, 0.15) is 58.8 Å². The summed E-state index contributed by atoms with van der Waals surface area (Å²) in [5.74, 6) is 0.820. The number of hydrogen-bond acceptors (Lipinski definition) is 2. The molecule has 0 fully saturated rings. The molecule has 0 bridgehead atoms. The SMILES string of the molecule is CCCCCCC(CC)CCOCCO. The van der Waals surface area contributed by atoms with E-state index in [1.54, 1.807) is 0 Å². The lowest BCUT2D eigenvalue weighted by atomic mass is 9.95. The number of rotatable bonds is 11. The summed E-state index contributed by atoms with van der Waals surface area (Å²) in [5.41, 5.74) is 0. The summed E-state index contributed by atoms with van der Waals surface area (Å²) in [6, 6.07) is 0. The average Bonchev–Trinajstić information content (AvgIpc) is 2.27. The molecule has 0 amide bonds. The Balaban J connectivity index is 3.29. The number of aliphatic hydroxyl groups is 1. The van der Waals surface area contributed by atoms with Crippen LogP contribution in [0.5, 0.6) is 0 Å². The molecule has 1 atom stereocenters. The number of aliphatic hydroxyl groups excluding tert-OH is 1. The van der Waals surface area contributed by atoms with Gasteiger partial charge in [-0.25, -0.2) is 0 Å². The second kappa shape index (κ2) is 12.0. The van der Waals surface area contributed by atoms with Gasteiger partial charge in [0.1, 0.15) is 0 Å². The summed E-state index contributed by atoms with van der Waals surface area (Å²) in [6.45, 7) is 5.96. The number of unbranched alkanes of at least 4 members (excludes halogenated alkanes) is 3. The molecule has 0 aliphatic rings. The first-order valence-corrected chi connectivity index (χ1v) is 6.53. The Kier molecular flexibility index (Phi) is 11.9. The van der Waals surface area contributed by atoms with Gasteiger partial charge in [0.25, 0.3) is 0 Å². The van der Waals surface area contributed by atoms with E-state index in [-0.39, 0.29) is 6.61 Å². The molecule has 0 radical (unpaired) electrons. The molecule has 1 unspecified atom stereocenters. The second-order valence-corrected chi connectivity index (χ2v) is 4.25. The first-order chi connectivity index (χ1) is 7.35. The van der Waals surface area contributed by atoms with Gasteiger partial charge in [-0.1, -0.05) is 52.4 Å². The molecule has 2 nitrogen and oxygen atoms in total. The predicted octanol–water partition coefficient (Wildman–Crippen LogP) is 3.38. The normalized spacial score (nSPS) is 13.0. The van der Waals surface area contributed by atoms with Crippen LogP contribution in [0.4, 0.5) is 0 Å². The van der Waals surface area contributed by atoms with Crippen LogP contribution in [-0.2, 0) is 4.74 Å². The highest BCUT2D eigenvalue weighted by molar-refractivity contribution is 4.57. The number of ether oxygens (including phenoxy) is 1. The molecule has 0 aliphatic carbocycles. The first kappa shape index (κ1) is 14.9. The summed E-state index contributed by atoms with van der Waals surface area (Å²) >= 11 is 0. The van der Waals surface area contributed by atoms with Crippen molar-refractivity contribution in [2.45, 2.75) is 58.8 Å². The summed E-state index contributed by atoms with van der Waals surface area (Å²) in [6.07, 6.45) is 9.20. The van der Waals surface area contributed by atoms with Crippen LogP contribution >= 0.6 is 0 Å². The van der Waals surface area contributed by atoms with Crippen molar-refractivity contribution in [2.24, 2.45) is 5.92 Å². The van der Waals surface area contributed by atoms with Crippen LogP contribution in [0.15, 0.2) is 0 Å². The van der Waals surface area contributed by atoms with E-state index in [0.717, 1.165) is 18.9 Å². The summed E-state index contributed by atoms with van der Waals surface area (Å²) in [4.78, 5) is 0. The van der Waals surface area contributed by atoms with Crippen LogP contribution in [0.25, 0.3) is 0 Å². The average molecular weight is 216 g/mol. The van der Waals surface area contributed by atoms with Crippen molar-refractivity contribution in [1.82, 2.24) is 0 Å². The maximum atomic E-state index is 8.56. The van der Waals surface area contributed by atoms with Gasteiger partial charge in [-0.15, -0.1) is 0 Å². The Bertz CT molecular complexity index is 103. The Morgan fingerprint density at radius 1 is 1.00 bits per heavy atom. The molecule has 0 saturated carbocycles. The standard InChI is InChI=1S/C13H28O2/c1-3-5-6-7-8-13(4-2)9-11-15-12-10-14/h13-14H,3-12H2,1-2H3. The molecule has 2 heteroatoms. The van der Waals surface area contributed by atoms with Crippen molar-refractivity contribution in [1.29, 1.82) is 0 Å². The Hall–Kier alpha value is -0.0800. The van der Waals surface area contributed by atoms with Gasteiger partial charge in [-0.2, -0.15) is 0 Å². The zero-order valence-electron chi connectivity index (χ0n) is 10.5. The third-order valence-electron chi connectivity index (χ3n) is 2.95. The zero-order valence-corrected chi connectivity index (χ0v) is 10.5. The lowest BCUT2D eigenvalue weighted by Gasteiger charge is -2.14. The second-order valence-electron chi connectivity index (χ2n) is 4.25. The van der Waals surface area contributed by atoms with Gasteiger partial charge in [0.05, 0.1) is 13.2 Å². The maximum absolute atomic E-state index is 8.56. The van der Waals surface area contributed by atoms with Gasteiger partial charge in [0, 0.05) is 6.61 Å². The highest BCUT2D eigenvalue weighted by atomic mass is 16.5. The van der Waals surface area contributed by atoms with Crippen molar-refractivity contribution in [3.8, 4) is 0 Å². The van der Waals surface area contributed by atoms with Gasteiger partial charge in [-0.05, 0) is 12.3 Å². The van der Waals surface area contributed by atoms with Gasteiger partial charge >= 0.3 is 0 Å². The molecule has 0 aromatic carbocycles. The topological polar surface area (TPSA) is 29.5 Å². The highest BCUT2D eigenvalue weighted by Gasteiger charge is 2.05. The van der Waals surface area contributed by atoms with Gasteiger partial charge < -0.3 is 9.84 Å². The third kappa shape index (κ3) is 10.2. The Morgan fingerprint density at radius 2 is 1.80 bits per heavy atom. The number of hydrogen-bond donors (Lipinski definition) is 1. The van der Waals surface area contributed by atoms with Crippen molar-refractivity contribution in [3.05, 3.63) is 0 Å². The monoisotopic (exact) mass is 216 g/mol. The maximum Gasteiger partial charge on any atom is 0.0697 e. The fourth-order valence-electron chi connectivity index (χ4n) is 1.83. The van der Waals surface area contributed by atoms with E-state index in [1.807, 2.05) is 0 Å². The molecule has 0 spiro atoms. The first-order valence-electron chi connectivity index (χ1n) is 6.53. The largest absolute Gasteiger partial charge is 0.394 e. The summed E-state index contributed by atoms with van der Waals surface area (Å²) in [5, 5.41) is 8.56. The Labute approximate surface area is 95.0 Å². The van der Waals surface area contributed by atoms with Crippen molar-refractivity contribution in [3.63, 3.8) is 0 Å². The van der Waals surface area contributed by atoms with E-state index < -0.39 is 0 Å². The molecule has 15 heavy (non-hydrogen) atoms. The summed E-state index contributed by atoms with van der Waals surface area (Å²) < 4.78 is 5.29. The van der Waals surface area contributed by atoms with Gasteiger partial charge in [0.15, 0.2) is 0 Å². The lowest BCUT2D eigenvalue weighted by molar-refractivity contribution is 0.0816. The van der Waals surface area contributed by atoms with E-state index in [9.17, 15) is 0 Å². The van der Waals surface area contributed by atoms with Crippen LogP contribution in [-0.4, -0.2) is 24.9 Å². The molecule has 0 heterocycles. The van der Waals surface area contributed by atoms with Crippen LogP contribution < -0.4 is 0 Å². The highest BCUT2D eigenvalue weighted by Crippen LogP contribution is 2.17. The van der Waals surface area contributed by atoms with Gasteiger partial charge in [0.2, 0.25) is 0 Å². The van der Waals surface area contributed by atoms with Crippen molar-refractivity contribution < 1.29 is 9.84 Å². The molecule has 0 aliphatic heterocycles. The molecule has 0 saturated heterocycles. The van der Waals surface area contributed by atoms with E-state index in [4.69, 9.17) is 9.84 Å². The molecule has 0 aromatic heterocycles. The molecule has 92 valence electrons. The minimum atomic E-state index is 0.146. The van der Waals surface area contributed by atoms with Crippen molar-refractivity contribution in [2.75, 3.05) is 19.8 Å². The zero-order chi connectivity index (χ0) is 11.4. The fraction of sp³-hybridized carbons (Fsp3) is 1.00. The minimum absolute atomic E-state index is 0.146. The fourth-order valence-corrected chi connectivity index (χ4v) is 1.83. The molecule has 0 aromatic rings. The van der Waals surface area contributed by atoms with Gasteiger partial charge in [-0.3, -0.25) is 0 Å². The molecule has 0 rings (SSSR count). The van der Waals surface area contributed by atoms with Crippen LogP contribution in [0.2, 0.25) is 0 Å². The van der Waals surface area contributed by atoms with E-state index in [1.165, 1.54) is 38.5 Å². The van der Waals surface area contributed by atoms with Crippen molar-refractivity contribution >= 4 is 0 Å². The molecular weight excluding hydrogens is 188 g/mol. The summed E-state index contributed by atoms with van der Waals surface area (Å²) in [7, 11) is 0. The third-order valence-corrected chi connectivity index (χ3v) is 2.95. The van der Waals surface area contributed by atoms with Crippen LogP contribution in [0, 0.1) is 5.92 Å². The molecular formula is C13H28O2. The van der Waals surface area contributed by atoms with E-state index in [2.05, 4.69) is 13.8 Å².